The van der Waals surface area contributed by atoms with Crippen molar-refractivity contribution in [2.75, 3.05) is 26.4 Å². The van der Waals surface area contributed by atoms with E-state index in [1.54, 1.807) is 27.7 Å². The zero-order valence-electron chi connectivity index (χ0n) is 93.0. The van der Waals surface area contributed by atoms with E-state index in [1.165, 1.54) is 629 Å². The quantitative estimate of drug-likeness (QED) is 0.0257. The second-order valence-corrected chi connectivity index (χ2v) is 42.3. The van der Waals surface area contributed by atoms with Crippen molar-refractivity contribution in [2.45, 2.75) is 710 Å². The Labute approximate surface area is 842 Å². The molecule has 0 aliphatic carbocycles. The second kappa shape index (κ2) is 126. The lowest BCUT2D eigenvalue weighted by Gasteiger charge is -2.05. The molecule has 0 spiro atoms. The van der Waals surface area contributed by atoms with E-state index in [9.17, 15) is 19.2 Å². The van der Waals surface area contributed by atoms with E-state index >= 15 is 0 Å². The predicted octanol–water partition coefficient (Wildman–Crippen LogP) is 44.3. The van der Waals surface area contributed by atoms with E-state index in [-0.39, 0.29) is 23.9 Å². The molecule has 0 aromatic heterocycles. The van der Waals surface area contributed by atoms with Crippen LogP contribution in [0.25, 0.3) is 0 Å². The van der Waals surface area contributed by atoms with Gasteiger partial charge in [-0.2, -0.15) is 0 Å². The normalized spacial score (nSPS) is 11.1. The molecule has 0 aromatic rings. The van der Waals surface area contributed by atoms with Crippen LogP contribution in [0.4, 0.5) is 0 Å². The number of hydrogen-bond acceptors (Lipinski definition) is 8. The van der Waals surface area contributed by atoms with Gasteiger partial charge in [0.05, 0.1) is 26.4 Å². The number of esters is 4. The molecule has 0 rings (SSSR count). The molecule has 0 radical (unpaired) electrons. The van der Waals surface area contributed by atoms with Crippen LogP contribution in [0.3, 0.4) is 0 Å². The summed E-state index contributed by atoms with van der Waals surface area (Å²) < 4.78 is 20.5. The van der Waals surface area contributed by atoms with Gasteiger partial charge >= 0.3 is 23.9 Å². The topological polar surface area (TPSA) is 105 Å². The first-order valence-corrected chi connectivity index (χ1v) is 61.0. The molecule has 8 heteroatoms. The summed E-state index contributed by atoms with van der Waals surface area (Å²) >= 11 is 0. The van der Waals surface area contributed by atoms with Gasteiger partial charge in [0.1, 0.15) is 0 Å². The van der Waals surface area contributed by atoms with E-state index < -0.39 is 0 Å². The zero-order chi connectivity index (χ0) is 98.4. The van der Waals surface area contributed by atoms with Crippen LogP contribution in [-0.4, -0.2) is 50.3 Å². The van der Waals surface area contributed by atoms with Crippen molar-refractivity contribution in [2.24, 2.45) is 0 Å². The SMILES string of the molecule is C=C(C)C(=O)OCCCCCCCCCCCCCCCCCCCCCCCCCC.C=C(C)C(=O)OCCCCCCCCCCCCCCCCCCCCCCCCCCC.C=C(C)C(=O)OCCCCCCCCCCCCCCCCCCCCCCCCCCCC.C=C(C)C(=O)OCCCCCCCCCCCCCCCCCCCCCCCCCCCCC. The van der Waals surface area contributed by atoms with Crippen molar-refractivity contribution >= 4 is 23.9 Å². The Morgan fingerprint density at radius 2 is 0.179 bits per heavy atom. The van der Waals surface area contributed by atoms with Gasteiger partial charge in [-0.15, -0.1) is 0 Å². The Balaban J connectivity index is -0.000000841. The average Bonchev–Trinajstić information content (AvgIpc) is 1.02. The molecule has 796 valence electrons. The standard InChI is InChI=1S/C33H64O2.C32H62O2.C31H60O2.C30H58O2/c1-4-5-6-7-8-9-10-11-12-13-14-15-16-17-18-19-20-21-22-23-24-25-26-27-28-29-30-31-35-33(34)32(2)3;1-4-5-6-7-8-9-10-11-12-13-14-15-16-17-18-19-20-21-22-23-24-25-26-27-28-29-30-34-32(33)31(2)3;1-4-5-6-7-8-9-10-11-12-13-14-15-16-17-18-19-20-21-22-23-24-25-26-27-28-29-33-31(32)30(2)3;1-4-5-6-7-8-9-10-11-12-13-14-15-16-17-18-19-20-21-22-23-24-25-26-27-28-32-30(31)29(2)3/h2,4-31H2,1,3H3;2,4-30H2,1,3H3;2,4-29H2,1,3H3;2,4-28H2,1,3H3. The molecule has 134 heavy (non-hydrogen) atoms. The van der Waals surface area contributed by atoms with Gasteiger partial charge in [-0.25, -0.2) is 19.2 Å². The third kappa shape index (κ3) is 131. The molecule has 0 bridgehead atoms. The molecule has 0 saturated carbocycles. The zero-order valence-corrected chi connectivity index (χ0v) is 93.0. The highest BCUT2D eigenvalue weighted by Crippen LogP contribution is 2.24. The highest BCUT2D eigenvalue weighted by atomic mass is 16.5. The minimum Gasteiger partial charge on any atom is -0.462 e. The summed E-state index contributed by atoms with van der Waals surface area (Å²) in [5.41, 5.74) is 1.98. The summed E-state index contributed by atoms with van der Waals surface area (Å²) in [6.07, 6.45) is 143. The molecule has 0 atom stereocenters. The third-order valence-electron chi connectivity index (χ3n) is 27.8. The van der Waals surface area contributed by atoms with Crippen LogP contribution >= 0.6 is 0 Å². The minimum atomic E-state index is -0.251. The molecule has 0 aliphatic rings. The molecule has 0 saturated heterocycles. The summed E-state index contributed by atoms with van der Waals surface area (Å²) in [4.78, 5) is 45.0. The van der Waals surface area contributed by atoms with E-state index in [0.717, 1.165) is 25.7 Å². The van der Waals surface area contributed by atoms with Crippen LogP contribution in [0.1, 0.15) is 710 Å². The van der Waals surface area contributed by atoms with Crippen molar-refractivity contribution in [3.8, 4) is 0 Å². The van der Waals surface area contributed by atoms with E-state index in [1.807, 2.05) is 0 Å². The van der Waals surface area contributed by atoms with Crippen molar-refractivity contribution in [3.05, 3.63) is 48.6 Å². The fourth-order valence-electron chi connectivity index (χ4n) is 18.5. The van der Waals surface area contributed by atoms with Crippen LogP contribution in [0.15, 0.2) is 48.6 Å². The van der Waals surface area contributed by atoms with Gasteiger partial charge in [0, 0.05) is 22.3 Å². The molecule has 0 aliphatic heterocycles. The Morgan fingerprint density at radius 3 is 0.239 bits per heavy atom. The average molecular weight is 1890 g/mol. The predicted molar refractivity (Wildman–Crippen MR) is 597 cm³/mol. The third-order valence-corrected chi connectivity index (χ3v) is 27.8. The lowest BCUT2D eigenvalue weighted by molar-refractivity contribution is -0.139. The molecule has 0 aromatic carbocycles. The van der Waals surface area contributed by atoms with E-state index in [4.69, 9.17) is 18.9 Å². The summed E-state index contributed by atoms with van der Waals surface area (Å²) in [5, 5.41) is 0. The summed E-state index contributed by atoms with van der Waals surface area (Å²) in [7, 11) is 0. The van der Waals surface area contributed by atoms with Gasteiger partial charge in [0.25, 0.3) is 0 Å². The number of unbranched alkanes of at least 4 members (excludes halogenated alkanes) is 98. The number of hydrogen-bond donors (Lipinski definition) is 0. The lowest BCUT2D eigenvalue weighted by Crippen LogP contribution is -2.05. The maximum Gasteiger partial charge on any atom is 0.333 e. The van der Waals surface area contributed by atoms with Crippen molar-refractivity contribution in [1.82, 2.24) is 0 Å². The number of carbonyl (C=O) groups excluding carboxylic acids is 4. The largest absolute Gasteiger partial charge is 0.462 e. The van der Waals surface area contributed by atoms with Crippen molar-refractivity contribution < 1.29 is 38.1 Å². The van der Waals surface area contributed by atoms with Gasteiger partial charge in [-0.05, 0) is 53.4 Å². The maximum atomic E-state index is 11.3. The van der Waals surface area contributed by atoms with Crippen molar-refractivity contribution in [3.63, 3.8) is 0 Å². The molecular weight excluding hydrogens is 1640 g/mol. The Morgan fingerprint density at radius 1 is 0.119 bits per heavy atom. The van der Waals surface area contributed by atoms with Crippen molar-refractivity contribution in [1.29, 1.82) is 0 Å². The van der Waals surface area contributed by atoms with Crippen LogP contribution in [0.5, 0.6) is 0 Å². The highest BCUT2D eigenvalue weighted by molar-refractivity contribution is 5.88. The van der Waals surface area contributed by atoms with Gasteiger partial charge in [-0.1, -0.05) is 683 Å². The first-order valence-electron chi connectivity index (χ1n) is 61.0. The van der Waals surface area contributed by atoms with E-state index in [2.05, 4.69) is 54.0 Å². The van der Waals surface area contributed by atoms with E-state index in [0.29, 0.717) is 48.7 Å². The molecule has 8 nitrogen and oxygen atoms in total. The van der Waals surface area contributed by atoms with Crippen LogP contribution in [0.2, 0.25) is 0 Å². The highest BCUT2D eigenvalue weighted by Gasteiger charge is 2.09. The van der Waals surface area contributed by atoms with Gasteiger partial charge < -0.3 is 18.9 Å². The van der Waals surface area contributed by atoms with Gasteiger partial charge in [0.2, 0.25) is 0 Å². The smallest absolute Gasteiger partial charge is 0.333 e. The monoisotopic (exact) mass is 1890 g/mol. The Hall–Kier alpha value is -3.16. The number of ether oxygens (including phenoxy) is 4. The van der Waals surface area contributed by atoms with Gasteiger partial charge in [0.15, 0.2) is 0 Å². The maximum absolute atomic E-state index is 11.3. The van der Waals surface area contributed by atoms with Crippen LogP contribution < -0.4 is 0 Å². The van der Waals surface area contributed by atoms with Crippen LogP contribution in [-0.2, 0) is 38.1 Å². The first-order chi connectivity index (χ1) is 65.7. The van der Waals surface area contributed by atoms with Gasteiger partial charge in [-0.3, -0.25) is 0 Å². The summed E-state index contributed by atoms with van der Waals surface area (Å²) in [6, 6.07) is 0. The number of carbonyl (C=O) groups is 4. The lowest BCUT2D eigenvalue weighted by atomic mass is 10.0. The minimum absolute atomic E-state index is 0.250. The second-order valence-electron chi connectivity index (χ2n) is 42.3. The molecular formula is C126H244O8. The molecule has 0 N–H and O–H groups in total. The fraction of sp³-hybridized carbons (Fsp3) is 0.905. The molecule has 0 heterocycles. The van der Waals surface area contributed by atoms with Crippen LogP contribution in [0, 0.1) is 0 Å². The first kappa shape index (κ1) is 137. The number of rotatable bonds is 110. The Bertz CT molecular complexity index is 2320. The Kier molecular flexibility index (Phi) is 129. The molecule has 0 fully saturated rings. The summed E-state index contributed by atoms with van der Waals surface area (Å²) in [5.74, 6) is -1.00. The molecule has 0 amide bonds. The fourth-order valence-corrected chi connectivity index (χ4v) is 18.5. The summed E-state index contributed by atoms with van der Waals surface area (Å²) in [6.45, 7) is 32.5. The molecule has 0 unspecified atom stereocenters.